The Bertz CT molecular complexity index is 745. The van der Waals surface area contributed by atoms with Crippen molar-refractivity contribution in [3.05, 3.63) is 60.7 Å². The standard InChI is InChI=1S/C16H16N4OS/c1-12(13-6-8-17-9-7-13)22-16-19-18-11-20(16)14-4-3-5-15(10-14)21-2/h3-12H,1-2H3. The minimum Gasteiger partial charge on any atom is -0.497 e. The van der Waals surface area contributed by atoms with Gasteiger partial charge in [-0.05, 0) is 36.8 Å². The quantitative estimate of drug-likeness (QED) is 0.675. The predicted octanol–water partition coefficient (Wildman–Crippen LogP) is 3.52. The summed E-state index contributed by atoms with van der Waals surface area (Å²) in [6.07, 6.45) is 5.33. The Hall–Kier alpha value is -2.34. The molecular formula is C16H16N4OS. The Kier molecular flexibility index (Phi) is 4.39. The molecule has 5 nitrogen and oxygen atoms in total. The maximum absolute atomic E-state index is 5.28. The Morgan fingerprint density at radius 2 is 2.00 bits per heavy atom. The average Bonchev–Trinajstić information content (AvgIpc) is 3.04. The molecule has 0 bridgehead atoms. The molecule has 0 fully saturated rings. The molecule has 0 aliphatic heterocycles. The number of aromatic nitrogens is 4. The van der Waals surface area contributed by atoms with Gasteiger partial charge >= 0.3 is 0 Å². The summed E-state index contributed by atoms with van der Waals surface area (Å²) in [7, 11) is 1.66. The monoisotopic (exact) mass is 312 g/mol. The SMILES string of the molecule is COc1cccc(-n2cnnc2SC(C)c2ccncc2)c1. The first-order valence-corrected chi connectivity index (χ1v) is 7.77. The molecule has 22 heavy (non-hydrogen) atoms. The van der Waals surface area contributed by atoms with E-state index in [1.807, 2.05) is 41.0 Å². The molecule has 0 spiro atoms. The number of pyridine rings is 1. The van der Waals surface area contributed by atoms with Gasteiger partial charge in [0.15, 0.2) is 5.16 Å². The second-order valence-electron chi connectivity index (χ2n) is 4.73. The summed E-state index contributed by atoms with van der Waals surface area (Å²) in [5.41, 5.74) is 2.19. The van der Waals surface area contributed by atoms with Crippen molar-refractivity contribution in [3.8, 4) is 11.4 Å². The lowest BCUT2D eigenvalue weighted by molar-refractivity contribution is 0.414. The van der Waals surface area contributed by atoms with Crippen molar-refractivity contribution in [2.24, 2.45) is 0 Å². The van der Waals surface area contributed by atoms with E-state index in [2.05, 4.69) is 22.1 Å². The molecule has 0 amide bonds. The fraction of sp³-hybridized carbons (Fsp3) is 0.188. The zero-order valence-corrected chi connectivity index (χ0v) is 13.2. The van der Waals surface area contributed by atoms with Crippen LogP contribution in [-0.2, 0) is 0 Å². The molecular weight excluding hydrogens is 296 g/mol. The summed E-state index contributed by atoms with van der Waals surface area (Å²) in [6, 6.07) is 11.9. The summed E-state index contributed by atoms with van der Waals surface area (Å²) >= 11 is 1.66. The molecule has 6 heteroatoms. The van der Waals surface area contributed by atoms with Crippen LogP contribution in [0.25, 0.3) is 5.69 Å². The third-order valence-corrected chi connectivity index (χ3v) is 4.42. The maximum atomic E-state index is 5.28. The molecule has 2 aromatic heterocycles. The molecule has 112 valence electrons. The highest BCUT2D eigenvalue weighted by Gasteiger charge is 2.13. The van der Waals surface area contributed by atoms with Crippen LogP contribution in [0.15, 0.2) is 60.3 Å². The van der Waals surface area contributed by atoms with Crippen molar-refractivity contribution in [1.82, 2.24) is 19.7 Å². The van der Waals surface area contributed by atoms with Gasteiger partial charge in [0.05, 0.1) is 12.8 Å². The van der Waals surface area contributed by atoms with E-state index in [0.29, 0.717) is 0 Å². The van der Waals surface area contributed by atoms with Gasteiger partial charge in [-0.25, -0.2) is 0 Å². The fourth-order valence-corrected chi connectivity index (χ4v) is 3.07. The molecule has 0 radical (unpaired) electrons. The van der Waals surface area contributed by atoms with Gasteiger partial charge in [-0.2, -0.15) is 0 Å². The highest BCUT2D eigenvalue weighted by Crippen LogP contribution is 2.34. The zero-order chi connectivity index (χ0) is 15.4. The molecule has 0 N–H and O–H groups in total. The van der Waals surface area contributed by atoms with Gasteiger partial charge in [0, 0.05) is 23.7 Å². The molecule has 2 heterocycles. The zero-order valence-electron chi connectivity index (χ0n) is 12.4. The lowest BCUT2D eigenvalue weighted by Gasteiger charge is -2.12. The first-order valence-electron chi connectivity index (χ1n) is 6.89. The van der Waals surface area contributed by atoms with Gasteiger partial charge in [0.1, 0.15) is 12.1 Å². The first-order chi connectivity index (χ1) is 10.8. The lowest BCUT2D eigenvalue weighted by Crippen LogP contribution is -1.98. The molecule has 1 aromatic carbocycles. The minimum atomic E-state index is 0.261. The van der Waals surface area contributed by atoms with Crippen molar-refractivity contribution < 1.29 is 4.74 Å². The summed E-state index contributed by atoms with van der Waals surface area (Å²) in [4.78, 5) is 4.05. The van der Waals surface area contributed by atoms with E-state index in [1.165, 1.54) is 5.56 Å². The summed E-state index contributed by atoms with van der Waals surface area (Å²) in [5, 5.41) is 9.38. The summed E-state index contributed by atoms with van der Waals surface area (Å²) in [5.74, 6) is 0.810. The third kappa shape index (κ3) is 3.12. The number of hydrogen-bond donors (Lipinski definition) is 0. The van der Waals surface area contributed by atoms with E-state index in [0.717, 1.165) is 16.6 Å². The number of thioether (sulfide) groups is 1. The third-order valence-electron chi connectivity index (χ3n) is 3.31. The molecule has 1 atom stereocenters. The number of ether oxygens (including phenoxy) is 1. The second-order valence-corrected chi connectivity index (χ2v) is 6.03. The van der Waals surface area contributed by atoms with Crippen molar-refractivity contribution in [2.45, 2.75) is 17.3 Å². The number of rotatable bonds is 5. The summed E-state index contributed by atoms with van der Waals surface area (Å²) < 4.78 is 7.24. The van der Waals surface area contributed by atoms with Crippen LogP contribution in [0.3, 0.4) is 0 Å². The van der Waals surface area contributed by atoms with Gasteiger partial charge < -0.3 is 4.74 Å². The normalized spacial score (nSPS) is 12.1. The molecule has 0 aliphatic carbocycles. The Morgan fingerprint density at radius 1 is 1.18 bits per heavy atom. The predicted molar refractivity (Wildman–Crippen MR) is 86.4 cm³/mol. The highest BCUT2D eigenvalue weighted by molar-refractivity contribution is 7.99. The maximum Gasteiger partial charge on any atom is 0.196 e. The molecule has 0 aliphatic rings. The van der Waals surface area contributed by atoms with Crippen LogP contribution in [0.5, 0.6) is 5.75 Å². The smallest absolute Gasteiger partial charge is 0.196 e. The number of hydrogen-bond acceptors (Lipinski definition) is 5. The van der Waals surface area contributed by atoms with Crippen molar-refractivity contribution in [1.29, 1.82) is 0 Å². The fourth-order valence-electron chi connectivity index (χ4n) is 2.10. The van der Waals surface area contributed by atoms with Crippen LogP contribution in [0, 0.1) is 0 Å². The number of nitrogens with zero attached hydrogens (tertiary/aromatic N) is 4. The van der Waals surface area contributed by atoms with Gasteiger partial charge in [0.25, 0.3) is 0 Å². The van der Waals surface area contributed by atoms with E-state index in [-0.39, 0.29) is 5.25 Å². The number of methoxy groups -OCH3 is 1. The van der Waals surface area contributed by atoms with Gasteiger partial charge in [-0.1, -0.05) is 17.8 Å². The molecule has 0 saturated heterocycles. The average molecular weight is 312 g/mol. The molecule has 0 saturated carbocycles. The number of benzene rings is 1. The highest BCUT2D eigenvalue weighted by atomic mass is 32.2. The Morgan fingerprint density at radius 3 is 2.77 bits per heavy atom. The van der Waals surface area contributed by atoms with Crippen molar-refractivity contribution in [2.75, 3.05) is 7.11 Å². The van der Waals surface area contributed by atoms with Gasteiger partial charge in [-0.3, -0.25) is 9.55 Å². The van der Waals surface area contributed by atoms with Crippen molar-refractivity contribution in [3.63, 3.8) is 0 Å². The second kappa shape index (κ2) is 6.62. The Labute approximate surface area is 133 Å². The Balaban J connectivity index is 1.86. The molecule has 3 rings (SSSR count). The van der Waals surface area contributed by atoms with Crippen LogP contribution in [0.2, 0.25) is 0 Å². The van der Waals surface area contributed by atoms with Crippen LogP contribution >= 0.6 is 11.8 Å². The lowest BCUT2D eigenvalue weighted by atomic mass is 10.2. The van der Waals surface area contributed by atoms with E-state index in [9.17, 15) is 0 Å². The van der Waals surface area contributed by atoms with E-state index in [1.54, 1.807) is 37.6 Å². The van der Waals surface area contributed by atoms with Crippen LogP contribution in [-0.4, -0.2) is 26.9 Å². The van der Waals surface area contributed by atoms with Gasteiger partial charge in [-0.15, -0.1) is 10.2 Å². The van der Waals surface area contributed by atoms with Crippen LogP contribution < -0.4 is 4.74 Å². The van der Waals surface area contributed by atoms with Crippen molar-refractivity contribution >= 4 is 11.8 Å². The summed E-state index contributed by atoms with van der Waals surface area (Å²) in [6.45, 7) is 2.14. The van der Waals surface area contributed by atoms with Gasteiger partial charge in [0.2, 0.25) is 0 Å². The van der Waals surface area contributed by atoms with E-state index in [4.69, 9.17) is 4.74 Å². The van der Waals surface area contributed by atoms with Crippen LogP contribution in [0.1, 0.15) is 17.7 Å². The molecule has 3 aromatic rings. The topological polar surface area (TPSA) is 52.8 Å². The first kappa shape index (κ1) is 14.6. The largest absolute Gasteiger partial charge is 0.497 e. The van der Waals surface area contributed by atoms with Crippen LogP contribution in [0.4, 0.5) is 0 Å². The minimum absolute atomic E-state index is 0.261. The molecule has 1 unspecified atom stereocenters. The van der Waals surface area contributed by atoms with E-state index >= 15 is 0 Å². The van der Waals surface area contributed by atoms with E-state index < -0.39 is 0 Å².